The minimum absolute atomic E-state index is 0.00895. The van der Waals surface area contributed by atoms with Gasteiger partial charge in [0.25, 0.3) is 5.56 Å². The van der Waals surface area contributed by atoms with Gasteiger partial charge in [-0.25, -0.2) is 4.98 Å². The van der Waals surface area contributed by atoms with Gasteiger partial charge in [-0.3, -0.25) is 4.79 Å². The molecule has 1 aromatic rings. The second-order valence-corrected chi connectivity index (χ2v) is 6.00. The van der Waals surface area contributed by atoms with Gasteiger partial charge in [0, 0.05) is 18.3 Å². The van der Waals surface area contributed by atoms with Crippen molar-refractivity contribution in [2.45, 2.75) is 59.4 Å². The van der Waals surface area contributed by atoms with Crippen molar-refractivity contribution in [3.8, 4) is 0 Å². The van der Waals surface area contributed by atoms with E-state index < -0.39 is 0 Å². The van der Waals surface area contributed by atoms with E-state index in [1.165, 1.54) is 25.7 Å². The molecule has 0 radical (unpaired) electrons. The molecule has 0 amide bonds. The molecule has 1 atom stereocenters. The highest BCUT2D eigenvalue weighted by atomic mass is 16.1. The SMILES string of the molecule is CCCC1(CNC(C)c2c(C)nc(C)[nH]c2=O)CC1. The molecule has 2 N–H and O–H groups in total. The van der Waals surface area contributed by atoms with Crippen LogP contribution in [0.3, 0.4) is 0 Å². The van der Waals surface area contributed by atoms with Crippen LogP contribution >= 0.6 is 0 Å². The van der Waals surface area contributed by atoms with Crippen molar-refractivity contribution in [1.82, 2.24) is 15.3 Å². The predicted octanol–water partition coefficient (Wildman–Crippen LogP) is 2.62. The fourth-order valence-electron chi connectivity index (χ4n) is 2.94. The number of hydrogen-bond acceptors (Lipinski definition) is 3. The van der Waals surface area contributed by atoms with Crippen LogP contribution in [-0.4, -0.2) is 16.5 Å². The van der Waals surface area contributed by atoms with E-state index in [0.717, 1.165) is 17.8 Å². The van der Waals surface area contributed by atoms with Gasteiger partial charge >= 0.3 is 0 Å². The van der Waals surface area contributed by atoms with Crippen LogP contribution in [0.2, 0.25) is 0 Å². The van der Waals surface area contributed by atoms with Crippen molar-refractivity contribution in [2.24, 2.45) is 5.41 Å². The van der Waals surface area contributed by atoms with Crippen LogP contribution in [0.1, 0.15) is 62.7 Å². The first-order valence-electron chi connectivity index (χ1n) is 7.28. The molecule has 1 aliphatic carbocycles. The molecule has 1 heterocycles. The fourth-order valence-corrected chi connectivity index (χ4v) is 2.94. The summed E-state index contributed by atoms with van der Waals surface area (Å²) in [6.07, 6.45) is 5.17. The lowest BCUT2D eigenvalue weighted by molar-refractivity contribution is 0.395. The summed E-state index contributed by atoms with van der Waals surface area (Å²) in [4.78, 5) is 19.2. The molecule has 1 aromatic heterocycles. The van der Waals surface area contributed by atoms with E-state index in [4.69, 9.17) is 0 Å². The maximum atomic E-state index is 12.0. The summed E-state index contributed by atoms with van der Waals surface area (Å²) in [7, 11) is 0. The third kappa shape index (κ3) is 3.24. The van der Waals surface area contributed by atoms with E-state index >= 15 is 0 Å². The minimum Gasteiger partial charge on any atom is -0.310 e. The Morgan fingerprint density at radius 1 is 1.42 bits per heavy atom. The Morgan fingerprint density at radius 3 is 2.63 bits per heavy atom. The molecule has 106 valence electrons. The Morgan fingerprint density at radius 2 is 2.11 bits per heavy atom. The van der Waals surface area contributed by atoms with Gasteiger partial charge in [-0.15, -0.1) is 0 Å². The quantitative estimate of drug-likeness (QED) is 0.829. The number of aromatic amines is 1. The Bertz CT molecular complexity index is 503. The molecule has 19 heavy (non-hydrogen) atoms. The van der Waals surface area contributed by atoms with Gasteiger partial charge < -0.3 is 10.3 Å². The average molecular weight is 263 g/mol. The molecule has 4 heteroatoms. The maximum absolute atomic E-state index is 12.0. The standard InChI is InChI=1S/C15H25N3O/c1-5-6-15(7-8-15)9-16-10(2)13-11(3)17-12(4)18-14(13)19/h10,16H,5-9H2,1-4H3,(H,17,18,19). The summed E-state index contributed by atoms with van der Waals surface area (Å²) >= 11 is 0. The van der Waals surface area contributed by atoms with Crippen LogP contribution in [0, 0.1) is 19.3 Å². The normalized spacial score (nSPS) is 18.3. The third-order valence-corrected chi connectivity index (χ3v) is 4.22. The molecule has 0 spiro atoms. The lowest BCUT2D eigenvalue weighted by Gasteiger charge is -2.20. The van der Waals surface area contributed by atoms with Crippen LogP contribution in [-0.2, 0) is 0 Å². The Kier molecular flexibility index (Phi) is 4.09. The smallest absolute Gasteiger partial charge is 0.255 e. The van der Waals surface area contributed by atoms with Gasteiger partial charge in [0.05, 0.1) is 5.56 Å². The van der Waals surface area contributed by atoms with Gasteiger partial charge in [0.15, 0.2) is 0 Å². The topological polar surface area (TPSA) is 57.8 Å². The molecule has 1 fully saturated rings. The molecule has 4 nitrogen and oxygen atoms in total. The number of rotatable bonds is 6. The largest absolute Gasteiger partial charge is 0.310 e. The van der Waals surface area contributed by atoms with E-state index in [-0.39, 0.29) is 11.6 Å². The minimum atomic E-state index is -0.00895. The number of hydrogen-bond donors (Lipinski definition) is 2. The van der Waals surface area contributed by atoms with Crippen molar-refractivity contribution in [3.05, 3.63) is 27.4 Å². The van der Waals surface area contributed by atoms with Gasteiger partial charge in [0.2, 0.25) is 0 Å². The molecule has 0 saturated heterocycles. The Balaban J connectivity index is 2.04. The van der Waals surface area contributed by atoms with Gasteiger partial charge in [-0.1, -0.05) is 13.3 Å². The zero-order chi connectivity index (χ0) is 14.0. The fraction of sp³-hybridized carbons (Fsp3) is 0.733. The number of nitrogens with one attached hydrogen (secondary N) is 2. The first-order chi connectivity index (χ1) is 8.97. The van der Waals surface area contributed by atoms with Crippen LogP contribution < -0.4 is 10.9 Å². The molecule has 0 aliphatic heterocycles. The first-order valence-corrected chi connectivity index (χ1v) is 7.28. The highest BCUT2D eigenvalue weighted by Gasteiger charge is 2.41. The second-order valence-electron chi connectivity index (χ2n) is 6.00. The maximum Gasteiger partial charge on any atom is 0.255 e. The highest BCUT2D eigenvalue weighted by Crippen LogP contribution is 2.49. The molecule has 2 rings (SSSR count). The molecule has 1 saturated carbocycles. The van der Waals surface area contributed by atoms with Gasteiger partial charge in [-0.2, -0.15) is 0 Å². The highest BCUT2D eigenvalue weighted by molar-refractivity contribution is 5.20. The second kappa shape index (κ2) is 5.45. The average Bonchev–Trinajstić information content (AvgIpc) is 3.06. The molecule has 0 bridgehead atoms. The van der Waals surface area contributed by atoms with Crippen LogP contribution in [0.25, 0.3) is 0 Å². The summed E-state index contributed by atoms with van der Waals surface area (Å²) in [6, 6.07) is 0.0613. The predicted molar refractivity (Wildman–Crippen MR) is 77.3 cm³/mol. The van der Waals surface area contributed by atoms with E-state index in [0.29, 0.717) is 11.2 Å². The monoisotopic (exact) mass is 263 g/mol. The van der Waals surface area contributed by atoms with Crippen LogP contribution in [0.5, 0.6) is 0 Å². The lowest BCUT2D eigenvalue weighted by atomic mass is 9.99. The zero-order valence-corrected chi connectivity index (χ0v) is 12.5. The van der Waals surface area contributed by atoms with Crippen molar-refractivity contribution in [3.63, 3.8) is 0 Å². The van der Waals surface area contributed by atoms with Crippen molar-refractivity contribution in [1.29, 1.82) is 0 Å². The Hall–Kier alpha value is -1.16. The zero-order valence-electron chi connectivity index (χ0n) is 12.5. The van der Waals surface area contributed by atoms with E-state index in [9.17, 15) is 4.79 Å². The molecule has 1 aliphatic rings. The van der Waals surface area contributed by atoms with Crippen LogP contribution in [0.15, 0.2) is 4.79 Å². The molecular formula is C15H25N3O. The summed E-state index contributed by atoms with van der Waals surface area (Å²) in [6.45, 7) is 9.03. The molecule has 1 unspecified atom stereocenters. The summed E-state index contributed by atoms with van der Waals surface area (Å²) in [5.74, 6) is 0.683. The van der Waals surface area contributed by atoms with Crippen molar-refractivity contribution < 1.29 is 0 Å². The third-order valence-electron chi connectivity index (χ3n) is 4.22. The number of H-pyrrole nitrogens is 1. The first kappa shape index (κ1) is 14.3. The number of aromatic nitrogens is 2. The summed E-state index contributed by atoms with van der Waals surface area (Å²) in [5, 5.41) is 3.53. The van der Waals surface area contributed by atoms with E-state index in [2.05, 4.69) is 29.1 Å². The summed E-state index contributed by atoms with van der Waals surface area (Å²) in [5.41, 5.74) is 2.10. The van der Waals surface area contributed by atoms with Crippen LogP contribution in [0.4, 0.5) is 0 Å². The molecule has 0 aromatic carbocycles. The van der Waals surface area contributed by atoms with Crippen molar-refractivity contribution in [2.75, 3.05) is 6.54 Å². The lowest BCUT2D eigenvalue weighted by Crippen LogP contribution is -2.31. The number of nitrogens with zero attached hydrogens (tertiary/aromatic N) is 1. The number of aryl methyl sites for hydroxylation is 2. The van der Waals surface area contributed by atoms with Crippen molar-refractivity contribution >= 4 is 0 Å². The van der Waals surface area contributed by atoms with E-state index in [1.807, 2.05) is 13.8 Å². The summed E-state index contributed by atoms with van der Waals surface area (Å²) < 4.78 is 0. The van der Waals surface area contributed by atoms with Gasteiger partial charge in [-0.05, 0) is 45.4 Å². The van der Waals surface area contributed by atoms with E-state index in [1.54, 1.807) is 0 Å². The molecular weight excluding hydrogens is 238 g/mol. The van der Waals surface area contributed by atoms with Gasteiger partial charge in [0.1, 0.15) is 5.82 Å². The Labute approximate surface area is 115 Å².